The highest BCUT2D eigenvalue weighted by Crippen LogP contribution is 2.22. The van der Waals surface area contributed by atoms with Crippen molar-refractivity contribution in [2.75, 3.05) is 0 Å². The molecule has 0 aromatic heterocycles. The highest BCUT2D eigenvalue weighted by Gasteiger charge is 2.16. The van der Waals surface area contributed by atoms with Crippen LogP contribution in [0.1, 0.15) is 37.3 Å². The molecule has 0 aliphatic rings. The van der Waals surface area contributed by atoms with Crippen molar-refractivity contribution >= 4 is 22.2 Å². The molecule has 110 valence electrons. The molecule has 6 heteroatoms. The van der Waals surface area contributed by atoms with Crippen molar-refractivity contribution in [3.05, 3.63) is 34.9 Å². The monoisotopic (exact) mass is 298 g/mol. The van der Waals surface area contributed by atoms with Gasteiger partial charge in [0.2, 0.25) is 0 Å². The van der Waals surface area contributed by atoms with Crippen LogP contribution in [-0.4, -0.2) is 24.0 Å². The molecule has 0 radical (unpaired) electrons. The van der Waals surface area contributed by atoms with Gasteiger partial charge in [0.1, 0.15) is 4.90 Å². The zero-order valence-corrected chi connectivity index (χ0v) is 12.3. The fourth-order valence-corrected chi connectivity index (χ4v) is 2.47. The summed E-state index contributed by atoms with van der Waals surface area (Å²) < 4.78 is 31.8. The average molecular weight is 298 g/mol. The molecule has 0 atom stereocenters. The predicted octanol–water partition coefficient (Wildman–Crippen LogP) is 2.90. The van der Waals surface area contributed by atoms with Crippen LogP contribution in [0.4, 0.5) is 0 Å². The standard InChI is InChI=1S/C14H18O5S/c1-3-4-5-11(14(15)16)9-12-8-10(2)6-7-13(12)20(17,18)19/h6-9H,3-5H2,1-2H3,(H,15,16)(H,17,18,19). The first kappa shape index (κ1) is 16.4. The number of hydrogen-bond donors (Lipinski definition) is 2. The van der Waals surface area contributed by atoms with E-state index in [-0.39, 0.29) is 16.0 Å². The molecule has 0 spiro atoms. The molecule has 2 N–H and O–H groups in total. The van der Waals surface area contributed by atoms with Crippen LogP contribution in [0.3, 0.4) is 0 Å². The van der Waals surface area contributed by atoms with Gasteiger partial charge in [0.05, 0.1) is 0 Å². The Labute approximate surface area is 118 Å². The summed E-state index contributed by atoms with van der Waals surface area (Å²) in [5.74, 6) is -1.08. The number of carboxylic acid groups (broad SMARTS) is 1. The first-order valence-corrected chi connectivity index (χ1v) is 7.71. The van der Waals surface area contributed by atoms with Crippen LogP contribution in [0.15, 0.2) is 28.7 Å². The van der Waals surface area contributed by atoms with Gasteiger partial charge >= 0.3 is 5.97 Å². The van der Waals surface area contributed by atoms with Crippen LogP contribution >= 0.6 is 0 Å². The van der Waals surface area contributed by atoms with Crippen LogP contribution in [0.5, 0.6) is 0 Å². The Hall–Kier alpha value is -1.66. The Kier molecular flexibility index (Phi) is 5.47. The molecule has 0 fully saturated rings. The third-order valence-corrected chi connectivity index (χ3v) is 3.77. The lowest BCUT2D eigenvalue weighted by molar-refractivity contribution is -0.132. The zero-order chi connectivity index (χ0) is 15.3. The second kappa shape index (κ2) is 6.67. The number of aryl methyl sites for hydroxylation is 1. The van der Waals surface area contributed by atoms with E-state index >= 15 is 0 Å². The quantitative estimate of drug-likeness (QED) is 0.622. The third kappa shape index (κ3) is 4.47. The van der Waals surface area contributed by atoms with Crippen LogP contribution in [0, 0.1) is 6.92 Å². The lowest BCUT2D eigenvalue weighted by Crippen LogP contribution is -2.04. The summed E-state index contributed by atoms with van der Waals surface area (Å²) in [6.07, 6.45) is 3.20. The Bertz CT molecular complexity index is 629. The molecular formula is C14H18O5S. The molecule has 0 heterocycles. The van der Waals surface area contributed by atoms with Crippen LogP contribution in [0.2, 0.25) is 0 Å². The normalized spacial score (nSPS) is 12.4. The largest absolute Gasteiger partial charge is 0.478 e. The van der Waals surface area contributed by atoms with E-state index in [0.29, 0.717) is 12.8 Å². The zero-order valence-electron chi connectivity index (χ0n) is 11.5. The smallest absolute Gasteiger partial charge is 0.331 e. The molecule has 0 bridgehead atoms. The Morgan fingerprint density at radius 1 is 1.35 bits per heavy atom. The minimum Gasteiger partial charge on any atom is -0.478 e. The molecule has 0 aliphatic carbocycles. The van der Waals surface area contributed by atoms with Crippen molar-refractivity contribution in [2.24, 2.45) is 0 Å². The number of aliphatic carboxylic acids is 1. The van der Waals surface area contributed by atoms with Gasteiger partial charge in [-0.1, -0.05) is 31.0 Å². The van der Waals surface area contributed by atoms with Gasteiger partial charge in [0.15, 0.2) is 0 Å². The summed E-state index contributed by atoms with van der Waals surface area (Å²) in [4.78, 5) is 10.9. The molecule has 5 nitrogen and oxygen atoms in total. The first-order valence-electron chi connectivity index (χ1n) is 6.27. The number of benzene rings is 1. The topological polar surface area (TPSA) is 91.7 Å². The highest BCUT2D eigenvalue weighted by atomic mass is 32.2. The second-order valence-corrected chi connectivity index (χ2v) is 5.98. The molecule has 0 unspecified atom stereocenters. The Morgan fingerprint density at radius 3 is 2.50 bits per heavy atom. The molecule has 1 rings (SSSR count). The number of rotatable bonds is 6. The van der Waals surface area contributed by atoms with Gasteiger partial charge in [-0.15, -0.1) is 0 Å². The number of unbranched alkanes of at least 4 members (excludes halogenated alkanes) is 1. The Balaban J connectivity index is 3.36. The summed E-state index contributed by atoms with van der Waals surface area (Å²) in [7, 11) is -4.38. The van der Waals surface area contributed by atoms with Crippen LogP contribution < -0.4 is 0 Å². The highest BCUT2D eigenvalue weighted by molar-refractivity contribution is 7.85. The lowest BCUT2D eigenvalue weighted by atomic mass is 10.0. The number of carbonyl (C=O) groups is 1. The summed E-state index contributed by atoms with van der Waals surface area (Å²) in [5.41, 5.74) is 1.10. The van der Waals surface area contributed by atoms with Crippen molar-refractivity contribution in [1.29, 1.82) is 0 Å². The van der Waals surface area contributed by atoms with Crippen molar-refractivity contribution < 1.29 is 22.9 Å². The molecular weight excluding hydrogens is 280 g/mol. The second-order valence-electron chi connectivity index (χ2n) is 4.59. The summed E-state index contributed by atoms with van der Waals surface area (Å²) >= 11 is 0. The molecule has 0 saturated carbocycles. The lowest BCUT2D eigenvalue weighted by Gasteiger charge is -2.07. The van der Waals surface area contributed by atoms with Gasteiger partial charge in [-0.25, -0.2) is 4.79 Å². The van der Waals surface area contributed by atoms with Crippen molar-refractivity contribution in [2.45, 2.75) is 38.0 Å². The molecule has 0 saturated heterocycles. The predicted molar refractivity (Wildman–Crippen MR) is 76.1 cm³/mol. The van der Waals surface area contributed by atoms with E-state index in [4.69, 9.17) is 5.11 Å². The third-order valence-electron chi connectivity index (χ3n) is 2.85. The SMILES string of the molecule is CCCCC(=Cc1cc(C)ccc1S(=O)(=O)O)C(=O)O. The van der Waals surface area contributed by atoms with E-state index in [1.807, 2.05) is 6.92 Å². The molecule has 20 heavy (non-hydrogen) atoms. The van der Waals surface area contributed by atoms with Crippen LogP contribution in [-0.2, 0) is 14.9 Å². The van der Waals surface area contributed by atoms with E-state index in [2.05, 4.69) is 0 Å². The summed E-state index contributed by atoms with van der Waals surface area (Å²) in [6, 6.07) is 4.36. The minimum atomic E-state index is -4.38. The number of carboxylic acids is 1. The van der Waals surface area contributed by atoms with Gasteiger partial charge in [-0.05, 0) is 37.5 Å². The average Bonchev–Trinajstić information content (AvgIpc) is 2.32. The maximum atomic E-state index is 11.3. The van der Waals surface area contributed by atoms with Crippen molar-refractivity contribution in [3.8, 4) is 0 Å². The van der Waals surface area contributed by atoms with Gasteiger partial charge in [0.25, 0.3) is 10.1 Å². The summed E-state index contributed by atoms with van der Waals surface area (Å²) in [5, 5.41) is 9.14. The molecule has 0 aliphatic heterocycles. The van der Waals surface area contributed by atoms with E-state index < -0.39 is 16.1 Å². The fourth-order valence-electron chi connectivity index (χ4n) is 1.81. The van der Waals surface area contributed by atoms with Gasteiger partial charge in [0, 0.05) is 5.57 Å². The molecule has 1 aromatic carbocycles. The van der Waals surface area contributed by atoms with Crippen molar-refractivity contribution in [1.82, 2.24) is 0 Å². The number of hydrogen-bond acceptors (Lipinski definition) is 3. The van der Waals surface area contributed by atoms with Gasteiger partial charge in [-0.3, -0.25) is 4.55 Å². The Morgan fingerprint density at radius 2 is 2.00 bits per heavy atom. The fraction of sp³-hybridized carbons (Fsp3) is 0.357. The van der Waals surface area contributed by atoms with Gasteiger partial charge < -0.3 is 5.11 Å². The molecule has 0 amide bonds. The van der Waals surface area contributed by atoms with E-state index in [9.17, 15) is 17.8 Å². The van der Waals surface area contributed by atoms with Gasteiger partial charge in [-0.2, -0.15) is 8.42 Å². The van der Waals surface area contributed by atoms with Crippen LogP contribution in [0.25, 0.3) is 6.08 Å². The maximum absolute atomic E-state index is 11.3. The minimum absolute atomic E-state index is 0.127. The van der Waals surface area contributed by atoms with Crippen molar-refractivity contribution in [3.63, 3.8) is 0 Å². The maximum Gasteiger partial charge on any atom is 0.331 e. The van der Waals surface area contributed by atoms with E-state index in [1.165, 1.54) is 18.2 Å². The van der Waals surface area contributed by atoms with E-state index in [0.717, 1.165) is 12.0 Å². The first-order chi connectivity index (χ1) is 9.25. The van der Waals surface area contributed by atoms with E-state index in [1.54, 1.807) is 13.0 Å². The summed E-state index contributed by atoms with van der Waals surface area (Å²) in [6.45, 7) is 3.70. The molecule has 1 aromatic rings.